The highest BCUT2D eigenvalue weighted by atomic mass is 16.5. The van der Waals surface area contributed by atoms with Crippen molar-refractivity contribution in [2.75, 3.05) is 6.61 Å². The minimum absolute atomic E-state index is 0.260. The van der Waals surface area contributed by atoms with Crippen LogP contribution in [0.5, 0.6) is 0 Å². The van der Waals surface area contributed by atoms with Crippen LogP contribution in [0, 0.1) is 13.8 Å². The molecule has 1 aromatic heterocycles. The summed E-state index contributed by atoms with van der Waals surface area (Å²) in [7, 11) is 0. The molecule has 1 heterocycles. The van der Waals surface area contributed by atoms with E-state index in [4.69, 9.17) is 4.74 Å². The first-order valence-corrected chi connectivity index (χ1v) is 7.94. The maximum absolute atomic E-state index is 12.1. The highest BCUT2D eigenvalue weighted by Gasteiger charge is 2.18. The third-order valence-corrected chi connectivity index (χ3v) is 3.38. The van der Waals surface area contributed by atoms with E-state index in [1.165, 1.54) is 0 Å². The lowest BCUT2D eigenvalue weighted by Gasteiger charge is -2.20. The number of urea groups is 1. The largest absolute Gasteiger partial charge is 0.451 e. The molecule has 3 amide bonds. The van der Waals surface area contributed by atoms with Crippen molar-refractivity contribution in [3.05, 3.63) is 35.0 Å². The van der Waals surface area contributed by atoms with E-state index in [0.29, 0.717) is 0 Å². The standard InChI is InChI=1S/C18H23N3O4/c1-10-6-11(2)12-8-14(19-13(12)7-10)16(23)25-9-15(22)20-17(24)21-18(3,4)5/h6-8,19H,9H2,1-5H3,(H2,20,21,22,24). The zero-order valence-corrected chi connectivity index (χ0v) is 15.1. The molecule has 0 bridgehead atoms. The predicted molar refractivity (Wildman–Crippen MR) is 94.5 cm³/mol. The van der Waals surface area contributed by atoms with Crippen LogP contribution in [0.3, 0.4) is 0 Å². The van der Waals surface area contributed by atoms with Gasteiger partial charge in [-0.05, 0) is 57.9 Å². The molecule has 0 unspecified atom stereocenters. The number of aromatic nitrogens is 1. The van der Waals surface area contributed by atoms with Crippen molar-refractivity contribution in [2.45, 2.75) is 40.2 Å². The second-order valence-corrected chi connectivity index (χ2v) is 7.05. The van der Waals surface area contributed by atoms with Gasteiger partial charge in [0.15, 0.2) is 6.61 Å². The van der Waals surface area contributed by atoms with Gasteiger partial charge in [0.1, 0.15) is 5.69 Å². The van der Waals surface area contributed by atoms with E-state index in [2.05, 4.69) is 15.6 Å². The summed E-state index contributed by atoms with van der Waals surface area (Å²) in [5.74, 6) is -1.35. The highest BCUT2D eigenvalue weighted by Crippen LogP contribution is 2.21. The van der Waals surface area contributed by atoms with Gasteiger partial charge in [-0.3, -0.25) is 10.1 Å². The fourth-order valence-corrected chi connectivity index (χ4v) is 2.45. The van der Waals surface area contributed by atoms with Crippen molar-refractivity contribution in [3.63, 3.8) is 0 Å². The summed E-state index contributed by atoms with van der Waals surface area (Å²) in [5.41, 5.74) is 2.74. The summed E-state index contributed by atoms with van der Waals surface area (Å²) in [6.07, 6.45) is 0. The van der Waals surface area contributed by atoms with Crippen LogP contribution in [0.15, 0.2) is 18.2 Å². The number of fused-ring (bicyclic) bond motifs is 1. The zero-order chi connectivity index (χ0) is 18.8. The molecule has 0 fully saturated rings. The van der Waals surface area contributed by atoms with Gasteiger partial charge in [-0.15, -0.1) is 0 Å². The number of benzene rings is 1. The topological polar surface area (TPSA) is 100 Å². The fourth-order valence-electron chi connectivity index (χ4n) is 2.45. The average molecular weight is 345 g/mol. The van der Waals surface area contributed by atoms with Crippen LogP contribution < -0.4 is 10.6 Å². The molecule has 7 heteroatoms. The first-order chi connectivity index (χ1) is 11.5. The number of H-pyrrole nitrogens is 1. The molecule has 134 valence electrons. The normalized spacial score (nSPS) is 11.2. The summed E-state index contributed by atoms with van der Waals surface area (Å²) in [6, 6.07) is 5.01. The van der Waals surface area contributed by atoms with E-state index in [1.807, 2.05) is 26.0 Å². The van der Waals surface area contributed by atoms with Crippen molar-refractivity contribution in [1.82, 2.24) is 15.6 Å². The van der Waals surface area contributed by atoms with E-state index >= 15 is 0 Å². The number of imide groups is 1. The fraction of sp³-hybridized carbons (Fsp3) is 0.389. The highest BCUT2D eigenvalue weighted by molar-refractivity contribution is 5.99. The summed E-state index contributed by atoms with van der Waals surface area (Å²) < 4.78 is 4.96. The number of hydrogen-bond acceptors (Lipinski definition) is 4. The minimum Gasteiger partial charge on any atom is -0.451 e. The maximum Gasteiger partial charge on any atom is 0.355 e. The molecule has 0 aliphatic carbocycles. The summed E-state index contributed by atoms with van der Waals surface area (Å²) in [5, 5.41) is 5.61. The van der Waals surface area contributed by atoms with Crippen molar-refractivity contribution in [2.24, 2.45) is 0 Å². The Morgan fingerprint density at radius 3 is 2.44 bits per heavy atom. The zero-order valence-electron chi connectivity index (χ0n) is 15.1. The van der Waals surface area contributed by atoms with Crippen LogP contribution in [0.25, 0.3) is 10.9 Å². The molecule has 0 radical (unpaired) electrons. The number of amides is 3. The Labute approximate surface area is 146 Å². The van der Waals surface area contributed by atoms with Crippen LogP contribution in [0.4, 0.5) is 4.79 Å². The molecule has 0 saturated carbocycles. The molecular formula is C18H23N3O4. The molecule has 0 aliphatic rings. The lowest BCUT2D eigenvalue weighted by Crippen LogP contribution is -2.49. The second kappa shape index (κ2) is 6.96. The Kier molecular flexibility index (Phi) is 5.15. The number of carbonyl (C=O) groups is 3. The van der Waals surface area contributed by atoms with Gasteiger partial charge >= 0.3 is 12.0 Å². The molecule has 7 nitrogen and oxygen atoms in total. The number of hydrogen-bond donors (Lipinski definition) is 3. The Hall–Kier alpha value is -2.83. The predicted octanol–water partition coefficient (Wildman–Crippen LogP) is 2.57. The molecule has 3 N–H and O–H groups in total. The molecule has 2 aromatic rings. The number of ether oxygens (including phenoxy) is 1. The average Bonchev–Trinajstić information content (AvgIpc) is 2.86. The first-order valence-electron chi connectivity index (χ1n) is 7.94. The lowest BCUT2D eigenvalue weighted by molar-refractivity contribution is -0.123. The van der Waals surface area contributed by atoms with Crippen LogP contribution in [0.1, 0.15) is 42.4 Å². The molecule has 1 aromatic carbocycles. The van der Waals surface area contributed by atoms with E-state index < -0.39 is 30.1 Å². The Morgan fingerprint density at radius 1 is 1.12 bits per heavy atom. The minimum atomic E-state index is -0.696. The van der Waals surface area contributed by atoms with Crippen molar-refractivity contribution in [3.8, 4) is 0 Å². The maximum atomic E-state index is 12.1. The molecule has 0 aliphatic heterocycles. The molecular weight excluding hydrogens is 322 g/mol. The van der Waals surface area contributed by atoms with Gasteiger partial charge < -0.3 is 15.0 Å². The Bertz CT molecular complexity index is 831. The third-order valence-electron chi connectivity index (χ3n) is 3.38. The number of carbonyl (C=O) groups excluding carboxylic acids is 3. The number of aromatic amines is 1. The lowest BCUT2D eigenvalue weighted by atomic mass is 10.1. The molecule has 0 atom stereocenters. The molecule has 2 rings (SSSR count). The monoisotopic (exact) mass is 345 g/mol. The van der Waals surface area contributed by atoms with Crippen LogP contribution in [-0.2, 0) is 9.53 Å². The van der Waals surface area contributed by atoms with Gasteiger partial charge in [0, 0.05) is 16.4 Å². The summed E-state index contributed by atoms with van der Waals surface area (Å²) >= 11 is 0. The van der Waals surface area contributed by atoms with Crippen LogP contribution in [-0.4, -0.2) is 35.0 Å². The number of rotatable bonds is 3. The van der Waals surface area contributed by atoms with Gasteiger partial charge in [0.25, 0.3) is 5.91 Å². The molecule has 0 saturated heterocycles. The van der Waals surface area contributed by atoms with E-state index in [9.17, 15) is 14.4 Å². The first kappa shape index (κ1) is 18.5. The molecule has 0 spiro atoms. The number of nitrogens with one attached hydrogen (secondary N) is 3. The van der Waals surface area contributed by atoms with Gasteiger partial charge in [-0.25, -0.2) is 9.59 Å². The number of aryl methyl sites for hydroxylation is 2. The van der Waals surface area contributed by atoms with E-state index in [1.54, 1.807) is 26.8 Å². The van der Waals surface area contributed by atoms with Crippen molar-refractivity contribution >= 4 is 28.8 Å². The summed E-state index contributed by atoms with van der Waals surface area (Å²) in [4.78, 5) is 38.4. The summed E-state index contributed by atoms with van der Waals surface area (Å²) in [6.45, 7) is 8.76. The van der Waals surface area contributed by atoms with Crippen molar-refractivity contribution in [1.29, 1.82) is 0 Å². The van der Waals surface area contributed by atoms with Gasteiger partial charge in [-0.1, -0.05) is 6.07 Å². The van der Waals surface area contributed by atoms with Gasteiger partial charge in [0.05, 0.1) is 0 Å². The smallest absolute Gasteiger partial charge is 0.355 e. The number of esters is 1. The quantitative estimate of drug-likeness (QED) is 0.744. The van der Waals surface area contributed by atoms with Crippen molar-refractivity contribution < 1.29 is 19.1 Å². The third kappa shape index (κ3) is 5.07. The van der Waals surface area contributed by atoms with E-state index in [0.717, 1.165) is 22.0 Å². The van der Waals surface area contributed by atoms with Crippen LogP contribution in [0.2, 0.25) is 0 Å². The Morgan fingerprint density at radius 2 is 1.80 bits per heavy atom. The van der Waals surface area contributed by atoms with Gasteiger partial charge in [-0.2, -0.15) is 0 Å². The molecule has 25 heavy (non-hydrogen) atoms. The van der Waals surface area contributed by atoms with Crippen LogP contribution >= 0.6 is 0 Å². The second-order valence-electron chi connectivity index (χ2n) is 7.05. The SMILES string of the molecule is Cc1cc(C)c2cc(C(=O)OCC(=O)NC(=O)NC(C)(C)C)[nH]c2c1. The van der Waals surface area contributed by atoms with E-state index in [-0.39, 0.29) is 5.69 Å². The van der Waals surface area contributed by atoms with Gasteiger partial charge in [0.2, 0.25) is 0 Å². The Balaban J connectivity index is 1.95.